The molecule has 0 unspecified atom stereocenters. The first-order chi connectivity index (χ1) is 13.3. The molecule has 9 nitrogen and oxygen atoms in total. The van der Waals surface area contributed by atoms with Crippen molar-refractivity contribution >= 4 is 15.8 Å². The molecular formula is C18H20N6O3S. The predicted molar refractivity (Wildman–Crippen MR) is 103 cm³/mol. The molecule has 0 saturated carbocycles. The van der Waals surface area contributed by atoms with Gasteiger partial charge in [0.1, 0.15) is 11.4 Å². The Kier molecular flexibility index (Phi) is 4.58. The minimum atomic E-state index is -3.00. The van der Waals surface area contributed by atoms with Gasteiger partial charge in [0.15, 0.2) is 15.6 Å². The molecule has 1 aliphatic rings. The maximum Gasteiger partial charge on any atom is 0.223 e. The van der Waals surface area contributed by atoms with Crippen molar-refractivity contribution in [2.75, 3.05) is 16.8 Å². The summed E-state index contributed by atoms with van der Waals surface area (Å²) in [6.45, 7) is 5.64. The van der Waals surface area contributed by atoms with E-state index in [1.54, 1.807) is 18.6 Å². The topological polar surface area (TPSA) is 124 Å². The summed E-state index contributed by atoms with van der Waals surface area (Å²) in [5, 5.41) is 7.13. The standard InChI is InChI=1S/C18H20N6O3S/c1-10-6-20-15(8-19-10)16-14(17-11(2)12(3)24-27-17)7-21-18(23-16)22-13-4-5-28(25,26)9-13/h6-8,13H,4-5,9H2,1-3H3,(H,21,22,23)/t13-/m1/s1. The molecule has 0 spiro atoms. The van der Waals surface area contributed by atoms with Crippen LogP contribution in [0.3, 0.4) is 0 Å². The molecule has 0 bridgehead atoms. The zero-order chi connectivity index (χ0) is 19.9. The highest BCUT2D eigenvalue weighted by Crippen LogP contribution is 2.33. The Morgan fingerprint density at radius 2 is 1.93 bits per heavy atom. The molecule has 146 valence electrons. The van der Waals surface area contributed by atoms with Crippen LogP contribution in [0.25, 0.3) is 22.7 Å². The van der Waals surface area contributed by atoms with Gasteiger partial charge in [0.2, 0.25) is 5.95 Å². The highest BCUT2D eigenvalue weighted by atomic mass is 32.2. The summed E-state index contributed by atoms with van der Waals surface area (Å²) in [5.74, 6) is 1.18. The van der Waals surface area contributed by atoms with Crippen LogP contribution in [0, 0.1) is 20.8 Å². The largest absolute Gasteiger partial charge is 0.356 e. The Hall–Kier alpha value is -2.88. The van der Waals surface area contributed by atoms with Gasteiger partial charge >= 0.3 is 0 Å². The lowest BCUT2D eigenvalue weighted by atomic mass is 10.1. The normalized spacial score (nSPS) is 18.3. The number of hydrogen-bond donors (Lipinski definition) is 1. The molecule has 1 saturated heterocycles. The summed E-state index contributed by atoms with van der Waals surface area (Å²) in [7, 11) is -3.00. The van der Waals surface area contributed by atoms with Gasteiger partial charge < -0.3 is 9.84 Å². The van der Waals surface area contributed by atoms with Gasteiger partial charge in [-0.3, -0.25) is 9.97 Å². The first kappa shape index (κ1) is 18.5. The van der Waals surface area contributed by atoms with E-state index in [0.717, 1.165) is 17.0 Å². The number of anilines is 1. The minimum Gasteiger partial charge on any atom is -0.356 e. The molecule has 1 fully saturated rings. The Morgan fingerprint density at radius 3 is 2.54 bits per heavy atom. The van der Waals surface area contributed by atoms with E-state index in [-0.39, 0.29) is 17.5 Å². The highest BCUT2D eigenvalue weighted by molar-refractivity contribution is 7.91. The molecule has 3 aromatic rings. The lowest BCUT2D eigenvalue weighted by Gasteiger charge is -2.13. The third-order valence-electron chi connectivity index (χ3n) is 4.78. The lowest BCUT2D eigenvalue weighted by Crippen LogP contribution is -2.22. The van der Waals surface area contributed by atoms with Gasteiger partial charge in [0.25, 0.3) is 0 Å². The van der Waals surface area contributed by atoms with Crippen molar-refractivity contribution in [1.29, 1.82) is 0 Å². The van der Waals surface area contributed by atoms with Gasteiger partial charge in [-0.1, -0.05) is 5.16 Å². The number of rotatable bonds is 4. The first-order valence-electron chi connectivity index (χ1n) is 8.88. The molecule has 1 N–H and O–H groups in total. The van der Waals surface area contributed by atoms with Crippen LogP contribution >= 0.6 is 0 Å². The van der Waals surface area contributed by atoms with E-state index in [4.69, 9.17) is 4.52 Å². The van der Waals surface area contributed by atoms with Crippen molar-refractivity contribution in [3.05, 3.63) is 35.5 Å². The SMILES string of the molecule is Cc1cnc(-c2nc(N[C@@H]3CCS(=O)(=O)C3)ncc2-c2onc(C)c2C)cn1. The number of aryl methyl sites for hydroxylation is 2. The molecule has 1 aliphatic heterocycles. The van der Waals surface area contributed by atoms with Gasteiger partial charge in [-0.25, -0.2) is 18.4 Å². The van der Waals surface area contributed by atoms with Crippen molar-refractivity contribution in [3.63, 3.8) is 0 Å². The van der Waals surface area contributed by atoms with Gasteiger partial charge in [0.05, 0.1) is 34.7 Å². The van der Waals surface area contributed by atoms with Crippen LogP contribution in [-0.4, -0.2) is 51.1 Å². The number of aromatic nitrogens is 5. The zero-order valence-electron chi connectivity index (χ0n) is 15.8. The molecule has 1 atom stereocenters. The van der Waals surface area contributed by atoms with E-state index in [1.165, 1.54) is 0 Å². The van der Waals surface area contributed by atoms with Crippen LogP contribution in [-0.2, 0) is 9.84 Å². The maximum absolute atomic E-state index is 11.7. The molecule has 28 heavy (non-hydrogen) atoms. The number of sulfone groups is 1. The Balaban J connectivity index is 1.76. The Morgan fingerprint density at radius 1 is 1.11 bits per heavy atom. The van der Waals surface area contributed by atoms with Crippen LogP contribution in [0.5, 0.6) is 0 Å². The molecule has 4 rings (SSSR count). The Bertz CT molecular complexity index is 1120. The van der Waals surface area contributed by atoms with E-state index in [9.17, 15) is 8.42 Å². The molecule has 3 aromatic heterocycles. The average Bonchev–Trinajstić information content (AvgIpc) is 3.17. The Labute approximate surface area is 162 Å². The molecule has 10 heteroatoms. The molecule has 0 amide bonds. The number of nitrogens with one attached hydrogen (secondary N) is 1. The van der Waals surface area contributed by atoms with Crippen molar-refractivity contribution < 1.29 is 12.9 Å². The second-order valence-electron chi connectivity index (χ2n) is 6.97. The van der Waals surface area contributed by atoms with E-state index >= 15 is 0 Å². The van der Waals surface area contributed by atoms with E-state index < -0.39 is 9.84 Å². The molecule has 4 heterocycles. The van der Waals surface area contributed by atoms with Crippen molar-refractivity contribution in [2.45, 2.75) is 33.2 Å². The maximum atomic E-state index is 11.7. The summed E-state index contributed by atoms with van der Waals surface area (Å²) in [6.07, 6.45) is 5.48. The minimum absolute atomic E-state index is 0.0815. The van der Waals surface area contributed by atoms with Gasteiger partial charge in [-0.2, -0.15) is 0 Å². The highest BCUT2D eigenvalue weighted by Gasteiger charge is 2.29. The fourth-order valence-electron chi connectivity index (χ4n) is 3.09. The van der Waals surface area contributed by atoms with Crippen molar-refractivity contribution in [1.82, 2.24) is 25.1 Å². The third kappa shape index (κ3) is 3.59. The summed E-state index contributed by atoms with van der Waals surface area (Å²) < 4.78 is 28.9. The second kappa shape index (κ2) is 6.93. The third-order valence-corrected chi connectivity index (χ3v) is 6.55. The lowest BCUT2D eigenvalue weighted by molar-refractivity contribution is 0.426. The predicted octanol–water partition coefficient (Wildman–Crippen LogP) is 2.11. The second-order valence-corrected chi connectivity index (χ2v) is 9.19. The summed E-state index contributed by atoms with van der Waals surface area (Å²) in [6, 6.07) is -0.206. The fraction of sp³-hybridized carbons (Fsp3) is 0.389. The van der Waals surface area contributed by atoms with Crippen molar-refractivity contribution in [2.24, 2.45) is 0 Å². The van der Waals surface area contributed by atoms with Crippen LogP contribution in [0.2, 0.25) is 0 Å². The van der Waals surface area contributed by atoms with Crippen LogP contribution < -0.4 is 5.32 Å². The number of nitrogens with zero attached hydrogens (tertiary/aromatic N) is 5. The van der Waals surface area contributed by atoms with E-state index in [1.807, 2.05) is 20.8 Å². The summed E-state index contributed by atoms with van der Waals surface area (Å²) >= 11 is 0. The molecular weight excluding hydrogens is 380 g/mol. The monoisotopic (exact) mass is 400 g/mol. The molecule has 0 radical (unpaired) electrons. The molecule has 0 aromatic carbocycles. The van der Waals surface area contributed by atoms with Crippen LogP contribution in [0.15, 0.2) is 23.1 Å². The first-order valence-corrected chi connectivity index (χ1v) is 10.7. The van der Waals surface area contributed by atoms with Gasteiger partial charge in [-0.15, -0.1) is 0 Å². The van der Waals surface area contributed by atoms with E-state index in [2.05, 4.69) is 30.4 Å². The summed E-state index contributed by atoms with van der Waals surface area (Å²) in [5.41, 5.74) is 4.24. The van der Waals surface area contributed by atoms with Crippen LogP contribution in [0.1, 0.15) is 23.4 Å². The summed E-state index contributed by atoms with van der Waals surface area (Å²) in [4.78, 5) is 17.7. The zero-order valence-corrected chi connectivity index (χ0v) is 16.6. The van der Waals surface area contributed by atoms with E-state index in [0.29, 0.717) is 35.1 Å². The van der Waals surface area contributed by atoms with Crippen molar-refractivity contribution in [3.8, 4) is 22.7 Å². The number of hydrogen-bond acceptors (Lipinski definition) is 9. The smallest absolute Gasteiger partial charge is 0.223 e. The van der Waals surface area contributed by atoms with Gasteiger partial charge in [-0.05, 0) is 27.2 Å². The average molecular weight is 400 g/mol. The van der Waals surface area contributed by atoms with Gasteiger partial charge in [0, 0.05) is 24.0 Å². The van der Waals surface area contributed by atoms with Crippen LogP contribution in [0.4, 0.5) is 5.95 Å². The quantitative estimate of drug-likeness (QED) is 0.701. The fourth-order valence-corrected chi connectivity index (χ4v) is 4.76. The molecule has 0 aliphatic carbocycles.